The molecule has 20 heavy (non-hydrogen) atoms. The van der Waals surface area contributed by atoms with Crippen LogP contribution in [0.4, 0.5) is 5.82 Å². The summed E-state index contributed by atoms with van der Waals surface area (Å²) in [6.45, 7) is 1.48. The van der Waals surface area contributed by atoms with Gasteiger partial charge in [0, 0.05) is 33.7 Å². The molecule has 1 amide bonds. The molecule has 1 aromatic heterocycles. The van der Waals surface area contributed by atoms with E-state index in [1.54, 1.807) is 26.3 Å². The summed E-state index contributed by atoms with van der Waals surface area (Å²) < 4.78 is 10.8. The molecule has 0 aromatic carbocycles. The highest BCUT2D eigenvalue weighted by Crippen LogP contribution is 2.22. The zero-order valence-electron chi connectivity index (χ0n) is 11.5. The summed E-state index contributed by atoms with van der Waals surface area (Å²) in [7, 11) is 3.35. The van der Waals surface area contributed by atoms with Gasteiger partial charge in [-0.25, -0.2) is 4.98 Å². The van der Waals surface area contributed by atoms with Crippen molar-refractivity contribution in [1.82, 2.24) is 10.3 Å². The van der Waals surface area contributed by atoms with Gasteiger partial charge in [0.05, 0.1) is 11.6 Å². The van der Waals surface area contributed by atoms with Gasteiger partial charge in [0.1, 0.15) is 17.1 Å². The number of methoxy groups -OCH3 is 1. The maximum Gasteiger partial charge on any atom is 0.271 e. The normalized spacial score (nSPS) is 21.8. The molecule has 7 heteroatoms. The van der Waals surface area contributed by atoms with Gasteiger partial charge in [-0.15, -0.1) is 0 Å². The van der Waals surface area contributed by atoms with Gasteiger partial charge in [-0.3, -0.25) is 4.79 Å². The second kappa shape index (κ2) is 6.39. The summed E-state index contributed by atoms with van der Waals surface area (Å²) in [6.07, 6.45) is 0.751. The highest BCUT2D eigenvalue weighted by atomic mass is 35.5. The summed E-state index contributed by atoms with van der Waals surface area (Å²) in [5, 5.41) is 5.99. The molecule has 0 saturated carbocycles. The van der Waals surface area contributed by atoms with Crippen LogP contribution in [0.1, 0.15) is 16.9 Å². The molecular weight excluding hydrogens is 282 g/mol. The Hall–Kier alpha value is -1.37. The van der Waals surface area contributed by atoms with E-state index in [1.807, 2.05) is 0 Å². The van der Waals surface area contributed by atoms with Crippen LogP contribution in [0.15, 0.2) is 12.1 Å². The molecular formula is C13H18ClN3O3. The van der Waals surface area contributed by atoms with E-state index in [9.17, 15) is 4.79 Å². The lowest BCUT2D eigenvalue weighted by molar-refractivity contribution is -0.0149. The SMILES string of the molecule is CNc1ccc(Cl)c(C(=O)NCC2(OC)CCOC2)n1. The summed E-state index contributed by atoms with van der Waals surface area (Å²) in [6, 6.07) is 3.35. The molecule has 6 nitrogen and oxygen atoms in total. The molecule has 1 unspecified atom stereocenters. The fourth-order valence-electron chi connectivity index (χ4n) is 2.03. The number of ether oxygens (including phenoxy) is 2. The van der Waals surface area contributed by atoms with E-state index in [4.69, 9.17) is 21.1 Å². The first kappa shape index (κ1) is 15.0. The van der Waals surface area contributed by atoms with E-state index in [0.717, 1.165) is 6.42 Å². The van der Waals surface area contributed by atoms with Crippen LogP contribution in [0.5, 0.6) is 0 Å². The number of carbonyl (C=O) groups excluding carboxylic acids is 1. The van der Waals surface area contributed by atoms with Gasteiger partial charge in [0.2, 0.25) is 0 Å². The molecule has 1 aromatic rings. The van der Waals surface area contributed by atoms with E-state index in [-0.39, 0.29) is 11.6 Å². The van der Waals surface area contributed by atoms with Crippen molar-refractivity contribution in [3.05, 3.63) is 22.8 Å². The maximum absolute atomic E-state index is 12.2. The smallest absolute Gasteiger partial charge is 0.271 e. The third-order valence-corrected chi connectivity index (χ3v) is 3.69. The van der Waals surface area contributed by atoms with Gasteiger partial charge < -0.3 is 20.1 Å². The van der Waals surface area contributed by atoms with Crippen LogP contribution in [0.3, 0.4) is 0 Å². The highest BCUT2D eigenvalue weighted by Gasteiger charge is 2.35. The molecule has 0 spiro atoms. The van der Waals surface area contributed by atoms with Crippen molar-refractivity contribution >= 4 is 23.3 Å². The monoisotopic (exact) mass is 299 g/mol. The Balaban J connectivity index is 2.04. The Morgan fingerprint density at radius 2 is 2.40 bits per heavy atom. The van der Waals surface area contributed by atoms with Crippen molar-refractivity contribution < 1.29 is 14.3 Å². The van der Waals surface area contributed by atoms with E-state index < -0.39 is 5.60 Å². The van der Waals surface area contributed by atoms with Crippen molar-refractivity contribution in [3.8, 4) is 0 Å². The van der Waals surface area contributed by atoms with Crippen LogP contribution >= 0.6 is 11.6 Å². The van der Waals surface area contributed by atoms with Crippen LogP contribution in [-0.2, 0) is 9.47 Å². The van der Waals surface area contributed by atoms with Crippen molar-refractivity contribution in [2.45, 2.75) is 12.0 Å². The van der Waals surface area contributed by atoms with Crippen LogP contribution < -0.4 is 10.6 Å². The predicted molar refractivity (Wildman–Crippen MR) is 76.3 cm³/mol. The topological polar surface area (TPSA) is 72.5 Å². The van der Waals surface area contributed by atoms with Gasteiger partial charge in [-0.2, -0.15) is 0 Å². The Morgan fingerprint density at radius 3 is 3.00 bits per heavy atom. The molecule has 110 valence electrons. The standard InChI is InChI=1S/C13H18ClN3O3/c1-15-10-4-3-9(14)11(17-10)12(18)16-7-13(19-2)5-6-20-8-13/h3-4H,5-8H2,1-2H3,(H,15,17)(H,16,18). The number of rotatable bonds is 5. The van der Waals surface area contributed by atoms with E-state index in [1.165, 1.54) is 0 Å². The van der Waals surface area contributed by atoms with Crippen LogP contribution in [0.25, 0.3) is 0 Å². The molecule has 1 aliphatic rings. The van der Waals surface area contributed by atoms with Crippen LogP contribution in [-0.4, -0.2) is 50.4 Å². The van der Waals surface area contributed by atoms with E-state index in [2.05, 4.69) is 15.6 Å². The Bertz CT molecular complexity index is 490. The minimum absolute atomic E-state index is 0.198. The zero-order valence-corrected chi connectivity index (χ0v) is 12.3. The lowest BCUT2D eigenvalue weighted by Crippen LogP contribution is -2.45. The lowest BCUT2D eigenvalue weighted by atomic mass is 10.0. The summed E-state index contributed by atoms with van der Waals surface area (Å²) in [5.41, 5.74) is -0.258. The lowest BCUT2D eigenvalue weighted by Gasteiger charge is -2.25. The minimum atomic E-state index is -0.456. The first-order valence-corrected chi connectivity index (χ1v) is 6.73. The predicted octanol–water partition coefficient (Wildman–Crippen LogP) is 1.31. The Kier molecular flexibility index (Phi) is 4.80. The molecule has 0 radical (unpaired) electrons. The third-order valence-electron chi connectivity index (χ3n) is 3.39. The summed E-state index contributed by atoms with van der Waals surface area (Å²) in [5.74, 6) is 0.264. The second-order valence-electron chi connectivity index (χ2n) is 4.65. The van der Waals surface area contributed by atoms with Crippen LogP contribution in [0.2, 0.25) is 5.02 Å². The number of hydrogen-bond donors (Lipinski definition) is 2. The maximum atomic E-state index is 12.2. The largest absolute Gasteiger partial charge is 0.378 e. The van der Waals surface area contributed by atoms with Gasteiger partial charge >= 0.3 is 0 Å². The molecule has 0 aliphatic carbocycles. The number of hydrogen-bond acceptors (Lipinski definition) is 5. The number of pyridine rings is 1. The molecule has 0 bridgehead atoms. The van der Waals surface area contributed by atoms with Crippen LogP contribution in [0, 0.1) is 0 Å². The minimum Gasteiger partial charge on any atom is -0.378 e. The molecule has 2 heterocycles. The van der Waals surface area contributed by atoms with Crippen molar-refractivity contribution in [2.75, 3.05) is 39.2 Å². The fourth-order valence-corrected chi connectivity index (χ4v) is 2.22. The molecule has 1 atom stereocenters. The average Bonchev–Trinajstić information content (AvgIpc) is 2.95. The first-order valence-electron chi connectivity index (χ1n) is 6.35. The number of nitrogens with one attached hydrogen (secondary N) is 2. The second-order valence-corrected chi connectivity index (χ2v) is 5.06. The zero-order chi connectivity index (χ0) is 14.6. The van der Waals surface area contributed by atoms with E-state index in [0.29, 0.717) is 30.6 Å². The molecule has 2 N–H and O–H groups in total. The fraction of sp³-hybridized carbons (Fsp3) is 0.538. The third kappa shape index (κ3) is 3.20. The number of halogens is 1. The molecule has 1 fully saturated rings. The van der Waals surface area contributed by atoms with Crippen molar-refractivity contribution in [1.29, 1.82) is 0 Å². The van der Waals surface area contributed by atoms with Gasteiger partial charge in [0.15, 0.2) is 0 Å². The van der Waals surface area contributed by atoms with E-state index >= 15 is 0 Å². The van der Waals surface area contributed by atoms with Gasteiger partial charge in [0.25, 0.3) is 5.91 Å². The number of anilines is 1. The van der Waals surface area contributed by atoms with Gasteiger partial charge in [-0.05, 0) is 12.1 Å². The average molecular weight is 300 g/mol. The Labute approximate surface area is 122 Å². The van der Waals surface area contributed by atoms with Crippen molar-refractivity contribution in [2.24, 2.45) is 0 Å². The Morgan fingerprint density at radius 1 is 1.60 bits per heavy atom. The number of aromatic nitrogens is 1. The quantitative estimate of drug-likeness (QED) is 0.858. The summed E-state index contributed by atoms with van der Waals surface area (Å²) >= 11 is 6.00. The number of carbonyl (C=O) groups is 1. The first-order chi connectivity index (χ1) is 9.60. The molecule has 1 saturated heterocycles. The van der Waals surface area contributed by atoms with Crippen molar-refractivity contribution in [3.63, 3.8) is 0 Å². The number of nitrogens with zero attached hydrogens (tertiary/aromatic N) is 1. The highest BCUT2D eigenvalue weighted by molar-refractivity contribution is 6.33. The van der Waals surface area contributed by atoms with Gasteiger partial charge in [-0.1, -0.05) is 11.6 Å². The molecule has 2 rings (SSSR count). The number of amides is 1. The molecule has 1 aliphatic heterocycles. The summed E-state index contributed by atoms with van der Waals surface area (Å²) in [4.78, 5) is 16.3.